The Kier molecular flexibility index (Phi) is 5.39. The van der Waals surface area contributed by atoms with Crippen molar-refractivity contribution < 1.29 is 9.53 Å². The van der Waals surface area contributed by atoms with E-state index in [0.29, 0.717) is 18.7 Å². The zero-order valence-electron chi connectivity index (χ0n) is 12.2. The highest BCUT2D eigenvalue weighted by atomic mass is 79.9. The number of carbonyl (C=O) groups is 1. The Morgan fingerprint density at radius 1 is 1.14 bits per heavy atom. The topological polar surface area (TPSA) is 38.3 Å². The van der Waals surface area contributed by atoms with Gasteiger partial charge in [0.15, 0.2) is 0 Å². The second-order valence-corrected chi connectivity index (χ2v) is 5.64. The molecular weight excluding hydrogens is 330 g/mol. The number of nitrogens with one attached hydrogen (secondary N) is 1. The maximum atomic E-state index is 12.0. The number of hydrogen-bond acceptors (Lipinski definition) is 2. The highest BCUT2D eigenvalue weighted by Crippen LogP contribution is 2.20. The van der Waals surface area contributed by atoms with Crippen molar-refractivity contribution in [2.45, 2.75) is 13.8 Å². The molecule has 0 fully saturated rings. The molecule has 0 aliphatic rings. The normalized spacial score (nSPS) is 10.2. The van der Waals surface area contributed by atoms with Crippen LogP contribution < -0.4 is 10.1 Å². The molecule has 2 aromatic rings. The molecule has 0 unspecified atom stereocenters. The van der Waals surface area contributed by atoms with Crippen molar-refractivity contribution in [1.82, 2.24) is 5.32 Å². The maximum Gasteiger partial charge on any atom is 0.252 e. The number of amides is 1. The van der Waals surface area contributed by atoms with Gasteiger partial charge in [0, 0.05) is 4.47 Å². The molecule has 2 rings (SSSR count). The highest BCUT2D eigenvalue weighted by molar-refractivity contribution is 9.10. The number of ether oxygens (including phenoxy) is 1. The molecule has 2 aromatic carbocycles. The molecule has 21 heavy (non-hydrogen) atoms. The average molecular weight is 348 g/mol. The summed E-state index contributed by atoms with van der Waals surface area (Å²) in [5, 5.41) is 2.85. The molecule has 3 nitrogen and oxygen atoms in total. The van der Waals surface area contributed by atoms with E-state index in [1.807, 2.05) is 37.3 Å². The summed E-state index contributed by atoms with van der Waals surface area (Å²) in [6.45, 7) is 5.00. The van der Waals surface area contributed by atoms with Crippen LogP contribution in [-0.4, -0.2) is 19.1 Å². The molecule has 0 radical (unpaired) electrons. The summed E-state index contributed by atoms with van der Waals surface area (Å²) < 4.78 is 6.50. The fourth-order valence-electron chi connectivity index (χ4n) is 1.95. The monoisotopic (exact) mass is 347 g/mol. The van der Waals surface area contributed by atoms with Crippen molar-refractivity contribution in [3.05, 3.63) is 63.6 Å². The van der Waals surface area contributed by atoms with Crippen molar-refractivity contribution in [2.75, 3.05) is 13.2 Å². The predicted molar refractivity (Wildman–Crippen MR) is 87.9 cm³/mol. The van der Waals surface area contributed by atoms with Crippen LogP contribution in [0.4, 0.5) is 0 Å². The minimum Gasteiger partial charge on any atom is -0.491 e. The van der Waals surface area contributed by atoms with E-state index < -0.39 is 0 Å². The fraction of sp³-hybridized carbons (Fsp3) is 0.235. The summed E-state index contributed by atoms with van der Waals surface area (Å²) in [6, 6.07) is 13.3. The summed E-state index contributed by atoms with van der Waals surface area (Å²) in [6.07, 6.45) is 0. The first-order valence-electron chi connectivity index (χ1n) is 6.81. The molecule has 0 saturated carbocycles. The molecule has 4 heteroatoms. The van der Waals surface area contributed by atoms with Gasteiger partial charge in [-0.15, -0.1) is 0 Å². The molecule has 0 spiro atoms. The van der Waals surface area contributed by atoms with Gasteiger partial charge in [0.05, 0.1) is 12.1 Å². The second-order valence-electron chi connectivity index (χ2n) is 4.78. The molecule has 0 aliphatic carbocycles. The first-order valence-corrected chi connectivity index (χ1v) is 7.60. The van der Waals surface area contributed by atoms with Gasteiger partial charge in [-0.25, -0.2) is 0 Å². The van der Waals surface area contributed by atoms with Crippen LogP contribution in [0.1, 0.15) is 21.5 Å². The number of halogens is 1. The van der Waals surface area contributed by atoms with Gasteiger partial charge in [-0.1, -0.05) is 24.3 Å². The van der Waals surface area contributed by atoms with Gasteiger partial charge < -0.3 is 10.1 Å². The Morgan fingerprint density at radius 3 is 2.67 bits per heavy atom. The van der Waals surface area contributed by atoms with E-state index >= 15 is 0 Å². The van der Waals surface area contributed by atoms with Crippen LogP contribution in [0.25, 0.3) is 0 Å². The number of benzene rings is 2. The zero-order valence-corrected chi connectivity index (χ0v) is 13.7. The lowest BCUT2D eigenvalue weighted by atomic mass is 10.1. The van der Waals surface area contributed by atoms with E-state index in [0.717, 1.165) is 15.8 Å². The first-order chi connectivity index (χ1) is 10.1. The standard InChI is InChI=1S/C17H18BrNO2/c1-12-6-5-9-16(13(12)2)21-11-10-19-17(20)14-7-3-4-8-15(14)18/h3-9H,10-11H2,1-2H3,(H,19,20). The maximum absolute atomic E-state index is 12.0. The third-order valence-corrected chi connectivity index (χ3v) is 4.01. The number of aryl methyl sites for hydroxylation is 1. The molecule has 0 aromatic heterocycles. The Morgan fingerprint density at radius 2 is 1.90 bits per heavy atom. The molecule has 0 atom stereocenters. The Labute approximate surface area is 133 Å². The summed E-state index contributed by atoms with van der Waals surface area (Å²) in [5.41, 5.74) is 2.96. The molecule has 1 amide bonds. The average Bonchev–Trinajstić information content (AvgIpc) is 2.48. The number of rotatable bonds is 5. The van der Waals surface area contributed by atoms with E-state index in [4.69, 9.17) is 4.74 Å². The Balaban J connectivity index is 1.84. The van der Waals surface area contributed by atoms with Crippen LogP contribution in [0.2, 0.25) is 0 Å². The van der Waals surface area contributed by atoms with Crippen molar-refractivity contribution in [3.8, 4) is 5.75 Å². The van der Waals surface area contributed by atoms with Crippen LogP contribution in [-0.2, 0) is 0 Å². The van der Waals surface area contributed by atoms with Crippen LogP contribution in [0.3, 0.4) is 0 Å². The Bertz CT molecular complexity index is 640. The lowest BCUT2D eigenvalue weighted by Crippen LogP contribution is -2.28. The van der Waals surface area contributed by atoms with Crippen molar-refractivity contribution in [2.24, 2.45) is 0 Å². The summed E-state index contributed by atoms with van der Waals surface area (Å²) in [5.74, 6) is 0.761. The van der Waals surface area contributed by atoms with E-state index in [1.54, 1.807) is 6.07 Å². The third-order valence-electron chi connectivity index (χ3n) is 3.32. The van der Waals surface area contributed by atoms with Crippen molar-refractivity contribution in [3.63, 3.8) is 0 Å². The van der Waals surface area contributed by atoms with Gasteiger partial charge in [0.1, 0.15) is 12.4 Å². The van der Waals surface area contributed by atoms with Gasteiger partial charge >= 0.3 is 0 Å². The van der Waals surface area contributed by atoms with E-state index in [1.165, 1.54) is 5.56 Å². The molecule has 110 valence electrons. The molecule has 1 N–H and O–H groups in total. The minimum atomic E-state index is -0.105. The largest absolute Gasteiger partial charge is 0.491 e. The molecule has 0 heterocycles. The van der Waals surface area contributed by atoms with E-state index in [-0.39, 0.29) is 5.91 Å². The van der Waals surface area contributed by atoms with Crippen LogP contribution in [0, 0.1) is 13.8 Å². The summed E-state index contributed by atoms with van der Waals surface area (Å²) in [4.78, 5) is 12.0. The lowest BCUT2D eigenvalue weighted by Gasteiger charge is -2.11. The third kappa shape index (κ3) is 4.08. The highest BCUT2D eigenvalue weighted by Gasteiger charge is 2.08. The minimum absolute atomic E-state index is 0.105. The molecule has 0 aliphatic heterocycles. The van der Waals surface area contributed by atoms with Gasteiger partial charge in [0.2, 0.25) is 0 Å². The van der Waals surface area contributed by atoms with Crippen LogP contribution in [0.15, 0.2) is 46.9 Å². The van der Waals surface area contributed by atoms with Crippen molar-refractivity contribution >= 4 is 21.8 Å². The first kappa shape index (κ1) is 15.6. The molecular formula is C17H18BrNO2. The number of carbonyl (C=O) groups excluding carboxylic acids is 1. The smallest absolute Gasteiger partial charge is 0.252 e. The fourth-order valence-corrected chi connectivity index (χ4v) is 2.41. The molecule has 0 bridgehead atoms. The number of hydrogen-bond donors (Lipinski definition) is 1. The van der Waals surface area contributed by atoms with E-state index in [2.05, 4.69) is 34.2 Å². The van der Waals surface area contributed by atoms with Gasteiger partial charge in [-0.2, -0.15) is 0 Å². The SMILES string of the molecule is Cc1cccc(OCCNC(=O)c2ccccc2Br)c1C. The Hall–Kier alpha value is -1.81. The van der Waals surface area contributed by atoms with Crippen LogP contribution in [0.5, 0.6) is 5.75 Å². The van der Waals surface area contributed by atoms with Crippen molar-refractivity contribution in [1.29, 1.82) is 0 Å². The zero-order chi connectivity index (χ0) is 15.2. The van der Waals surface area contributed by atoms with Gasteiger partial charge in [-0.05, 0) is 59.1 Å². The quantitative estimate of drug-likeness (QED) is 0.833. The lowest BCUT2D eigenvalue weighted by molar-refractivity contribution is 0.0946. The predicted octanol–water partition coefficient (Wildman–Crippen LogP) is 3.87. The van der Waals surface area contributed by atoms with E-state index in [9.17, 15) is 4.79 Å². The van der Waals surface area contributed by atoms with Gasteiger partial charge in [0.25, 0.3) is 5.91 Å². The second kappa shape index (κ2) is 7.27. The van der Waals surface area contributed by atoms with Gasteiger partial charge in [-0.3, -0.25) is 4.79 Å². The summed E-state index contributed by atoms with van der Waals surface area (Å²) >= 11 is 3.37. The summed E-state index contributed by atoms with van der Waals surface area (Å²) in [7, 11) is 0. The van der Waals surface area contributed by atoms with Crippen LogP contribution >= 0.6 is 15.9 Å². The molecule has 0 saturated heterocycles.